The largest absolute Gasteiger partial charge is 0.390 e. The Kier molecular flexibility index (Phi) is 5.82. The fraction of sp³-hybridized carbons (Fsp3) is 0.824. The molecule has 0 amide bonds. The summed E-state index contributed by atoms with van der Waals surface area (Å²) in [7, 11) is 1.75. The van der Waals surface area contributed by atoms with Crippen molar-refractivity contribution < 1.29 is 9.84 Å². The van der Waals surface area contributed by atoms with Crippen LogP contribution in [0.15, 0.2) is 6.07 Å². The Morgan fingerprint density at radius 1 is 1.29 bits per heavy atom. The summed E-state index contributed by atoms with van der Waals surface area (Å²) in [5.74, 6) is 0. The number of methoxy groups -OCH3 is 1. The summed E-state index contributed by atoms with van der Waals surface area (Å²) in [4.78, 5) is 0. The predicted octanol–water partition coefficient (Wildman–Crippen LogP) is 3.11. The molecule has 2 rings (SSSR count). The standard InChI is InChI=1S/C17H30N2O2/c1-4-14-12-15(19(5-2)18-14)13-16(20)17(21-3)10-8-6-7-9-11-17/h12,16,20H,4-11,13H2,1-3H3. The molecule has 1 N–H and O–H groups in total. The van der Waals surface area contributed by atoms with Crippen LogP contribution in [0.1, 0.15) is 63.8 Å². The molecule has 0 aromatic carbocycles. The molecule has 1 unspecified atom stereocenters. The maximum Gasteiger partial charge on any atom is 0.0940 e. The van der Waals surface area contributed by atoms with Gasteiger partial charge in [0.25, 0.3) is 0 Å². The van der Waals surface area contributed by atoms with Crippen LogP contribution in [-0.2, 0) is 24.1 Å². The fourth-order valence-electron chi connectivity index (χ4n) is 3.51. The quantitative estimate of drug-likeness (QED) is 0.820. The third kappa shape index (κ3) is 3.67. The smallest absolute Gasteiger partial charge is 0.0940 e. The van der Waals surface area contributed by atoms with E-state index in [-0.39, 0.29) is 5.60 Å². The van der Waals surface area contributed by atoms with Crippen LogP contribution in [0, 0.1) is 0 Å². The molecule has 0 radical (unpaired) electrons. The summed E-state index contributed by atoms with van der Waals surface area (Å²) < 4.78 is 7.84. The normalized spacial score (nSPS) is 20.2. The Balaban J connectivity index is 2.14. The van der Waals surface area contributed by atoms with Crippen molar-refractivity contribution in [2.75, 3.05) is 7.11 Å². The lowest BCUT2D eigenvalue weighted by Crippen LogP contribution is -2.45. The fourth-order valence-corrected chi connectivity index (χ4v) is 3.51. The van der Waals surface area contributed by atoms with Gasteiger partial charge in [-0.05, 0) is 32.3 Å². The monoisotopic (exact) mass is 294 g/mol. The molecule has 0 saturated heterocycles. The molecule has 1 atom stereocenters. The highest BCUT2D eigenvalue weighted by atomic mass is 16.5. The molecular formula is C17H30N2O2. The molecule has 4 heteroatoms. The van der Waals surface area contributed by atoms with E-state index in [0.717, 1.165) is 50.0 Å². The minimum absolute atomic E-state index is 0.369. The van der Waals surface area contributed by atoms with Gasteiger partial charge in [0, 0.05) is 25.8 Å². The van der Waals surface area contributed by atoms with Gasteiger partial charge in [-0.2, -0.15) is 5.10 Å². The Morgan fingerprint density at radius 3 is 2.48 bits per heavy atom. The number of aliphatic hydroxyl groups is 1. The van der Waals surface area contributed by atoms with Gasteiger partial charge in [0.2, 0.25) is 0 Å². The van der Waals surface area contributed by atoms with Gasteiger partial charge < -0.3 is 9.84 Å². The minimum atomic E-state index is -0.452. The van der Waals surface area contributed by atoms with Crippen molar-refractivity contribution in [1.29, 1.82) is 0 Å². The molecule has 0 bridgehead atoms. The van der Waals surface area contributed by atoms with Gasteiger partial charge in [-0.25, -0.2) is 0 Å². The third-order valence-electron chi connectivity index (χ3n) is 4.94. The van der Waals surface area contributed by atoms with Gasteiger partial charge in [-0.15, -0.1) is 0 Å². The van der Waals surface area contributed by atoms with Gasteiger partial charge in [0.05, 0.1) is 17.4 Å². The summed E-state index contributed by atoms with van der Waals surface area (Å²) >= 11 is 0. The van der Waals surface area contributed by atoms with Gasteiger partial charge in [-0.1, -0.05) is 32.6 Å². The average molecular weight is 294 g/mol. The van der Waals surface area contributed by atoms with Gasteiger partial charge in [0.15, 0.2) is 0 Å². The van der Waals surface area contributed by atoms with Crippen LogP contribution < -0.4 is 0 Å². The maximum atomic E-state index is 10.8. The van der Waals surface area contributed by atoms with Crippen molar-refractivity contribution in [2.24, 2.45) is 0 Å². The molecule has 1 fully saturated rings. The van der Waals surface area contributed by atoms with Crippen molar-refractivity contribution in [3.8, 4) is 0 Å². The van der Waals surface area contributed by atoms with E-state index in [1.807, 2.05) is 4.68 Å². The summed E-state index contributed by atoms with van der Waals surface area (Å²) in [6.07, 6.45) is 7.86. The molecule has 120 valence electrons. The molecule has 1 heterocycles. The second-order valence-corrected chi connectivity index (χ2v) is 6.20. The van der Waals surface area contributed by atoms with Crippen LogP contribution in [-0.4, -0.2) is 33.7 Å². The zero-order valence-corrected chi connectivity index (χ0v) is 13.8. The lowest BCUT2D eigenvalue weighted by atomic mass is 9.85. The van der Waals surface area contributed by atoms with Crippen LogP contribution in [0.4, 0.5) is 0 Å². The number of aryl methyl sites for hydroxylation is 2. The second kappa shape index (κ2) is 7.41. The summed E-state index contributed by atoms with van der Waals surface area (Å²) in [5.41, 5.74) is 1.86. The van der Waals surface area contributed by atoms with Crippen molar-refractivity contribution in [2.45, 2.75) is 83.5 Å². The van der Waals surface area contributed by atoms with Crippen LogP contribution in [0.3, 0.4) is 0 Å². The SMILES string of the molecule is CCc1cc(CC(O)C2(OC)CCCCCC2)n(CC)n1. The number of nitrogens with zero attached hydrogens (tertiary/aromatic N) is 2. The van der Waals surface area contributed by atoms with Gasteiger partial charge in [-0.3, -0.25) is 4.68 Å². The van der Waals surface area contributed by atoms with E-state index in [4.69, 9.17) is 4.74 Å². The number of ether oxygens (including phenoxy) is 1. The highest BCUT2D eigenvalue weighted by molar-refractivity contribution is 5.13. The molecule has 21 heavy (non-hydrogen) atoms. The van der Waals surface area contributed by atoms with Crippen molar-refractivity contribution in [3.63, 3.8) is 0 Å². The van der Waals surface area contributed by atoms with E-state index in [2.05, 4.69) is 25.0 Å². The molecule has 1 aromatic heterocycles. The lowest BCUT2D eigenvalue weighted by Gasteiger charge is -2.36. The predicted molar refractivity (Wildman–Crippen MR) is 84.4 cm³/mol. The number of aromatic nitrogens is 2. The first-order chi connectivity index (χ1) is 10.1. The van der Waals surface area contributed by atoms with Crippen LogP contribution >= 0.6 is 0 Å². The Hall–Kier alpha value is -0.870. The molecule has 0 spiro atoms. The van der Waals surface area contributed by atoms with E-state index >= 15 is 0 Å². The first-order valence-electron chi connectivity index (χ1n) is 8.44. The molecule has 1 aliphatic carbocycles. The Morgan fingerprint density at radius 2 is 1.95 bits per heavy atom. The molecule has 0 aliphatic heterocycles. The first-order valence-corrected chi connectivity index (χ1v) is 8.44. The number of rotatable bonds is 6. The van der Waals surface area contributed by atoms with Crippen LogP contribution in [0.25, 0.3) is 0 Å². The van der Waals surface area contributed by atoms with Crippen molar-refractivity contribution in [3.05, 3.63) is 17.5 Å². The van der Waals surface area contributed by atoms with Crippen molar-refractivity contribution in [1.82, 2.24) is 9.78 Å². The van der Waals surface area contributed by atoms with Crippen LogP contribution in [0.5, 0.6) is 0 Å². The third-order valence-corrected chi connectivity index (χ3v) is 4.94. The summed E-state index contributed by atoms with van der Waals surface area (Å²) in [5, 5.41) is 15.4. The second-order valence-electron chi connectivity index (χ2n) is 6.20. The summed E-state index contributed by atoms with van der Waals surface area (Å²) in [6.45, 7) is 5.06. The average Bonchev–Trinajstić information content (AvgIpc) is 2.74. The Bertz CT molecular complexity index is 434. The van der Waals surface area contributed by atoms with Crippen molar-refractivity contribution >= 4 is 0 Å². The Labute approximate surface area is 128 Å². The topological polar surface area (TPSA) is 47.3 Å². The zero-order chi connectivity index (χ0) is 15.3. The highest BCUT2D eigenvalue weighted by Gasteiger charge is 2.38. The first kappa shape index (κ1) is 16.5. The van der Waals surface area contributed by atoms with E-state index < -0.39 is 6.10 Å². The molecule has 1 aliphatic rings. The van der Waals surface area contributed by atoms with Crippen LogP contribution in [0.2, 0.25) is 0 Å². The van der Waals surface area contributed by atoms with E-state index in [1.54, 1.807) is 7.11 Å². The number of hydrogen-bond donors (Lipinski definition) is 1. The maximum absolute atomic E-state index is 10.8. The zero-order valence-electron chi connectivity index (χ0n) is 13.8. The van der Waals surface area contributed by atoms with Gasteiger partial charge in [0.1, 0.15) is 0 Å². The van der Waals surface area contributed by atoms with E-state index in [0.29, 0.717) is 6.42 Å². The highest BCUT2D eigenvalue weighted by Crippen LogP contribution is 2.34. The van der Waals surface area contributed by atoms with E-state index in [1.165, 1.54) is 12.8 Å². The molecule has 4 nitrogen and oxygen atoms in total. The number of hydrogen-bond acceptors (Lipinski definition) is 3. The lowest BCUT2D eigenvalue weighted by molar-refractivity contribution is -0.111. The molecule has 1 aromatic rings. The summed E-state index contributed by atoms with van der Waals surface area (Å²) in [6, 6.07) is 2.13. The minimum Gasteiger partial charge on any atom is -0.390 e. The molecular weight excluding hydrogens is 264 g/mol. The van der Waals surface area contributed by atoms with E-state index in [9.17, 15) is 5.11 Å². The number of aliphatic hydroxyl groups excluding tert-OH is 1. The molecule has 1 saturated carbocycles. The van der Waals surface area contributed by atoms with Gasteiger partial charge >= 0.3 is 0 Å².